The minimum absolute atomic E-state index is 0.128. The van der Waals surface area contributed by atoms with Gasteiger partial charge in [0.05, 0.1) is 11.9 Å². The number of aryl methyl sites for hydroxylation is 1. The van der Waals surface area contributed by atoms with E-state index in [1.807, 2.05) is 13.0 Å². The van der Waals surface area contributed by atoms with Crippen molar-refractivity contribution in [1.29, 1.82) is 0 Å². The van der Waals surface area contributed by atoms with E-state index in [-0.39, 0.29) is 6.54 Å². The Balaban J connectivity index is 2.03. The fraction of sp³-hybridized carbons (Fsp3) is 0.714. The lowest BCUT2D eigenvalue weighted by Crippen LogP contribution is -2.52. The molecule has 1 aromatic rings. The second-order valence-electron chi connectivity index (χ2n) is 5.95. The molecule has 0 atom stereocenters. The molecule has 0 spiro atoms. The molecule has 0 radical (unpaired) electrons. The zero-order valence-corrected chi connectivity index (χ0v) is 16.6. The van der Waals surface area contributed by atoms with Crippen LogP contribution in [0.3, 0.4) is 0 Å². The average molecular weight is 397 g/mol. The normalized spacial score (nSPS) is 19.5. The molecule has 1 aromatic heterocycles. The Bertz CT molecular complexity index is 762. The van der Waals surface area contributed by atoms with Gasteiger partial charge < -0.3 is 4.74 Å². The SMILES string of the molecule is CCc1ccc(S(=O)(=O)NCC2(OC)CCN(S(C)(=O)=O)CC2)s1. The van der Waals surface area contributed by atoms with E-state index in [2.05, 4.69) is 4.72 Å². The van der Waals surface area contributed by atoms with Crippen LogP contribution in [0.15, 0.2) is 16.3 Å². The predicted octanol–water partition coefficient (Wildman–Crippen LogP) is 1.03. The topological polar surface area (TPSA) is 92.8 Å². The summed E-state index contributed by atoms with van der Waals surface area (Å²) in [6, 6.07) is 3.42. The Morgan fingerprint density at radius 3 is 2.33 bits per heavy atom. The lowest BCUT2D eigenvalue weighted by molar-refractivity contribution is -0.0401. The molecule has 24 heavy (non-hydrogen) atoms. The lowest BCUT2D eigenvalue weighted by atomic mass is 9.92. The second-order valence-corrected chi connectivity index (χ2v) is 11.1. The molecular weight excluding hydrogens is 372 g/mol. The van der Waals surface area contributed by atoms with Crippen molar-refractivity contribution in [3.63, 3.8) is 0 Å². The van der Waals surface area contributed by atoms with Gasteiger partial charge in [-0.3, -0.25) is 0 Å². The van der Waals surface area contributed by atoms with Gasteiger partial charge in [-0.05, 0) is 31.4 Å². The maximum atomic E-state index is 12.4. The van der Waals surface area contributed by atoms with Gasteiger partial charge >= 0.3 is 0 Å². The maximum Gasteiger partial charge on any atom is 0.250 e. The maximum absolute atomic E-state index is 12.4. The molecule has 138 valence electrons. The van der Waals surface area contributed by atoms with Gasteiger partial charge in [0.25, 0.3) is 0 Å². The molecule has 0 unspecified atom stereocenters. The number of rotatable bonds is 7. The van der Waals surface area contributed by atoms with Crippen LogP contribution in [0, 0.1) is 0 Å². The first-order chi connectivity index (χ1) is 11.1. The molecule has 7 nitrogen and oxygen atoms in total. The molecule has 1 fully saturated rings. The summed E-state index contributed by atoms with van der Waals surface area (Å²) in [6.07, 6.45) is 2.87. The van der Waals surface area contributed by atoms with E-state index in [0.29, 0.717) is 30.1 Å². The van der Waals surface area contributed by atoms with E-state index in [4.69, 9.17) is 4.74 Å². The largest absolute Gasteiger partial charge is 0.377 e. The standard InChI is InChI=1S/C14H24N2O5S3/c1-4-12-5-6-13(22-12)24(19,20)15-11-14(21-2)7-9-16(10-8-14)23(3,17)18/h5-6,15H,4,7-11H2,1-3H3. The van der Waals surface area contributed by atoms with Crippen molar-refractivity contribution in [3.05, 3.63) is 17.0 Å². The first-order valence-electron chi connectivity index (χ1n) is 7.70. The van der Waals surface area contributed by atoms with Crippen LogP contribution in [-0.2, 0) is 31.2 Å². The molecule has 1 N–H and O–H groups in total. The molecule has 2 rings (SSSR count). The third kappa shape index (κ3) is 4.55. The molecule has 0 amide bonds. The fourth-order valence-corrected chi connectivity index (χ4v) is 5.97. The van der Waals surface area contributed by atoms with E-state index < -0.39 is 25.6 Å². The van der Waals surface area contributed by atoms with E-state index in [1.165, 1.54) is 29.0 Å². The molecule has 2 heterocycles. The van der Waals surface area contributed by atoms with Crippen molar-refractivity contribution in [2.75, 3.05) is 33.0 Å². The number of nitrogens with one attached hydrogen (secondary N) is 1. The quantitative estimate of drug-likeness (QED) is 0.743. The first-order valence-corrected chi connectivity index (χ1v) is 11.9. The monoisotopic (exact) mass is 396 g/mol. The van der Waals surface area contributed by atoms with Gasteiger partial charge in [0.1, 0.15) is 4.21 Å². The summed E-state index contributed by atoms with van der Waals surface area (Å²) in [4.78, 5) is 1.01. The molecule has 1 aliphatic rings. The van der Waals surface area contributed by atoms with Crippen LogP contribution >= 0.6 is 11.3 Å². The number of hydrogen-bond donors (Lipinski definition) is 1. The van der Waals surface area contributed by atoms with Crippen LogP contribution < -0.4 is 4.72 Å². The van der Waals surface area contributed by atoms with E-state index in [9.17, 15) is 16.8 Å². The Morgan fingerprint density at radius 1 is 1.25 bits per heavy atom. The van der Waals surface area contributed by atoms with Gasteiger partial charge in [-0.25, -0.2) is 25.9 Å². The molecule has 1 aliphatic heterocycles. The minimum atomic E-state index is -3.58. The molecule has 0 aliphatic carbocycles. The summed E-state index contributed by atoms with van der Waals surface area (Å²) in [5.41, 5.74) is -0.681. The van der Waals surface area contributed by atoms with E-state index in [1.54, 1.807) is 6.07 Å². The van der Waals surface area contributed by atoms with Crippen molar-refractivity contribution >= 4 is 31.4 Å². The fourth-order valence-electron chi connectivity index (χ4n) is 2.67. The highest BCUT2D eigenvalue weighted by molar-refractivity contribution is 7.91. The Kier molecular flexibility index (Phi) is 6.09. The van der Waals surface area contributed by atoms with E-state index in [0.717, 1.165) is 11.3 Å². The van der Waals surface area contributed by atoms with E-state index >= 15 is 0 Å². The summed E-state index contributed by atoms with van der Waals surface area (Å²) in [5, 5.41) is 0. The highest BCUT2D eigenvalue weighted by Crippen LogP contribution is 2.28. The Hall–Kier alpha value is -0.520. The van der Waals surface area contributed by atoms with Crippen LogP contribution in [-0.4, -0.2) is 59.7 Å². The van der Waals surface area contributed by atoms with Crippen LogP contribution in [0.2, 0.25) is 0 Å². The number of sulfonamides is 2. The van der Waals surface area contributed by atoms with Gasteiger partial charge in [-0.15, -0.1) is 11.3 Å². The predicted molar refractivity (Wildman–Crippen MR) is 94.3 cm³/mol. The highest BCUT2D eigenvalue weighted by atomic mass is 32.2. The van der Waals surface area contributed by atoms with Crippen molar-refractivity contribution < 1.29 is 21.6 Å². The van der Waals surface area contributed by atoms with Crippen LogP contribution in [0.4, 0.5) is 0 Å². The summed E-state index contributed by atoms with van der Waals surface area (Å²) in [6.45, 7) is 2.76. The summed E-state index contributed by atoms with van der Waals surface area (Å²) < 4.78 is 57.9. The molecule has 0 aromatic carbocycles. The van der Waals surface area contributed by atoms with Crippen molar-refractivity contribution in [3.8, 4) is 0 Å². The molecule has 10 heteroatoms. The van der Waals surface area contributed by atoms with Crippen molar-refractivity contribution in [2.24, 2.45) is 0 Å². The average Bonchev–Trinajstić information content (AvgIpc) is 3.02. The molecule has 0 bridgehead atoms. The second kappa shape index (κ2) is 7.38. The minimum Gasteiger partial charge on any atom is -0.377 e. The zero-order chi connectivity index (χ0) is 18.0. The van der Waals surface area contributed by atoms with Crippen LogP contribution in [0.1, 0.15) is 24.6 Å². The third-order valence-corrected chi connectivity index (χ3v) is 8.80. The van der Waals surface area contributed by atoms with Crippen molar-refractivity contribution in [2.45, 2.75) is 36.0 Å². The number of ether oxygens (including phenoxy) is 1. The van der Waals surface area contributed by atoms with Gasteiger partial charge in [-0.2, -0.15) is 0 Å². The van der Waals surface area contributed by atoms with Gasteiger partial charge in [0, 0.05) is 31.6 Å². The summed E-state index contributed by atoms with van der Waals surface area (Å²) >= 11 is 1.26. The van der Waals surface area contributed by atoms with Gasteiger partial charge in [0.2, 0.25) is 20.0 Å². The highest BCUT2D eigenvalue weighted by Gasteiger charge is 2.38. The Morgan fingerprint density at radius 2 is 1.88 bits per heavy atom. The molecular formula is C14H24N2O5S3. The summed E-state index contributed by atoms with van der Waals surface area (Å²) in [7, 11) is -5.28. The number of methoxy groups -OCH3 is 1. The lowest BCUT2D eigenvalue weighted by Gasteiger charge is -2.39. The number of hydrogen-bond acceptors (Lipinski definition) is 6. The van der Waals surface area contributed by atoms with Crippen LogP contribution in [0.25, 0.3) is 0 Å². The zero-order valence-electron chi connectivity index (χ0n) is 14.1. The van der Waals surface area contributed by atoms with Crippen LogP contribution in [0.5, 0.6) is 0 Å². The molecule has 0 saturated carbocycles. The smallest absolute Gasteiger partial charge is 0.250 e. The molecule has 1 saturated heterocycles. The third-order valence-electron chi connectivity index (χ3n) is 4.37. The van der Waals surface area contributed by atoms with Crippen molar-refractivity contribution in [1.82, 2.24) is 9.03 Å². The van der Waals surface area contributed by atoms with Gasteiger partial charge in [0.15, 0.2) is 0 Å². The Labute approximate surface area is 148 Å². The number of thiophene rings is 1. The summed E-state index contributed by atoms with van der Waals surface area (Å²) in [5.74, 6) is 0. The van der Waals surface area contributed by atoms with Gasteiger partial charge in [-0.1, -0.05) is 6.92 Å². The first kappa shape index (κ1) is 19.8. The number of nitrogens with zero attached hydrogens (tertiary/aromatic N) is 1. The number of piperidine rings is 1.